The molecule has 1 amide bonds. The number of hydrogen-bond acceptors (Lipinski definition) is 5. The molecule has 0 saturated heterocycles. The number of rotatable bonds is 10. The monoisotopic (exact) mass is 288 g/mol. The Balaban J connectivity index is 3.37. The number of carbonyl (C=O) groups excluding carboxylic acids is 2. The third kappa shape index (κ3) is 13.3. The van der Waals surface area contributed by atoms with E-state index in [0.717, 1.165) is 6.42 Å². The van der Waals surface area contributed by atoms with E-state index in [1.54, 1.807) is 0 Å². The molecular weight excluding hydrogens is 260 g/mol. The van der Waals surface area contributed by atoms with Crippen molar-refractivity contribution in [1.29, 1.82) is 0 Å². The zero-order valence-electron chi connectivity index (χ0n) is 12.9. The van der Waals surface area contributed by atoms with Crippen LogP contribution in [0.5, 0.6) is 0 Å². The van der Waals surface area contributed by atoms with Crippen LogP contribution in [0.3, 0.4) is 0 Å². The highest BCUT2D eigenvalue weighted by Gasteiger charge is 2.15. The lowest BCUT2D eigenvalue weighted by molar-refractivity contribution is -0.156. The van der Waals surface area contributed by atoms with Gasteiger partial charge in [-0.2, -0.15) is 0 Å². The van der Waals surface area contributed by atoms with Crippen molar-refractivity contribution >= 4 is 11.9 Å². The third-order valence-corrected chi connectivity index (χ3v) is 2.27. The third-order valence-electron chi connectivity index (χ3n) is 2.27. The van der Waals surface area contributed by atoms with Gasteiger partial charge in [-0.3, -0.25) is 9.59 Å². The summed E-state index contributed by atoms with van der Waals surface area (Å²) in [6.07, 6.45) is 2.15. The van der Waals surface area contributed by atoms with Gasteiger partial charge in [0, 0.05) is 19.6 Å². The molecule has 6 heteroatoms. The van der Waals surface area contributed by atoms with E-state index in [2.05, 4.69) is 5.32 Å². The lowest BCUT2D eigenvalue weighted by atomic mass is 10.2. The van der Waals surface area contributed by atoms with Gasteiger partial charge in [0.05, 0.1) is 13.0 Å². The van der Waals surface area contributed by atoms with Crippen LogP contribution in [0.25, 0.3) is 0 Å². The summed E-state index contributed by atoms with van der Waals surface area (Å²) in [6, 6.07) is 0. The number of hydrogen-bond donors (Lipinski definition) is 2. The molecule has 0 aromatic carbocycles. The van der Waals surface area contributed by atoms with Crippen LogP contribution in [0.4, 0.5) is 0 Å². The van der Waals surface area contributed by atoms with Gasteiger partial charge in [-0.25, -0.2) is 0 Å². The first kappa shape index (κ1) is 18.9. The van der Waals surface area contributed by atoms with Crippen molar-refractivity contribution < 1.29 is 19.1 Å². The Kier molecular flexibility index (Phi) is 10.0. The van der Waals surface area contributed by atoms with Crippen molar-refractivity contribution in [2.75, 3.05) is 26.3 Å². The molecule has 0 aliphatic rings. The SMILES string of the molecule is CC(C)(C)OC(=O)CCOCCCNC(=O)CCCN. The largest absolute Gasteiger partial charge is 0.460 e. The van der Waals surface area contributed by atoms with Gasteiger partial charge in [0.15, 0.2) is 0 Å². The van der Waals surface area contributed by atoms with Crippen molar-refractivity contribution in [2.45, 2.75) is 52.1 Å². The maximum absolute atomic E-state index is 11.4. The summed E-state index contributed by atoms with van der Waals surface area (Å²) in [6.45, 7) is 7.46. The van der Waals surface area contributed by atoms with Crippen molar-refractivity contribution in [2.24, 2.45) is 5.73 Å². The minimum Gasteiger partial charge on any atom is -0.460 e. The number of nitrogens with one attached hydrogen (secondary N) is 1. The zero-order chi connectivity index (χ0) is 15.4. The topological polar surface area (TPSA) is 90.6 Å². The molecule has 6 nitrogen and oxygen atoms in total. The summed E-state index contributed by atoms with van der Waals surface area (Å²) in [5.74, 6) is -0.239. The average molecular weight is 288 g/mol. The van der Waals surface area contributed by atoms with E-state index in [1.165, 1.54) is 0 Å². The van der Waals surface area contributed by atoms with E-state index in [0.29, 0.717) is 39.1 Å². The molecule has 0 aromatic rings. The molecule has 0 aliphatic carbocycles. The number of nitrogens with two attached hydrogens (primary N) is 1. The van der Waals surface area contributed by atoms with Gasteiger partial charge < -0.3 is 20.5 Å². The van der Waals surface area contributed by atoms with E-state index < -0.39 is 5.60 Å². The molecule has 0 radical (unpaired) electrons. The molecule has 0 aliphatic heterocycles. The molecule has 0 atom stereocenters. The lowest BCUT2D eigenvalue weighted by Crippen LogP contribution is -2.26. The van der Waals surface area contributed by atoms with Crippen LogP contribution < -0.4 is 11.1 Å². The van der Waals surface area contributed by atoms with Gasteiger partial charge in [-0.15, -0.1) is 0 Å². The molecule has 3 N–H and O–H groups in total. The first-order valence-electron chi connectivity index (χ1n) is 7.11. The quantitative estimate of drug-likeness (QED) is 0.462. The zero-order valence-corrected chi connectivity index (χ0v) is 12.9. The highest BCUT2D eigenvalue weighted by molar-refractivity contribution is 5.75. The first-order valence-corrected chi connectivity index (χ1v) is 7.11. The van der Waals surface area contributed by atoms with E-state index in [9.17, 15) is 9.59 Å². The number of esters is 1. The molecule has 0 bridgehead atoms. The fraction of sp³-hybridized carbons (Fsp3) is 0.857. The Morgan fingerprint density at radius 3 is 2.40 bits per heavy atom. The van der Waals surface area contributed by atoms with Crippen LogP contribution in [-0.2, 0) is 19.1 Å². The van der Waals surface area contributed by atoms with Gasteiger partial charge in [0.1, 0.15) is 5.60 Å². The summed E-state index contributed by atoms with van der Waals surface area (Å²) < 4.78 is 10.5. The summed E-state index contributed by atoms with van der Waals surface area (Å²) in [7, 11) is 0. The van der Waals surface area contributed by atoms with Gasteiger partial charge in [0.2, 0.25) is 5.91 Å². The second kappa shape index (κ2) is 10.6. The normalized spacial score (nSPS) is 11.2. The average Bonchev–Trinajstić information content (AvgIpc) is 2.33. The smallest absolute Gasteiger partial charge is 0.308 e. The summed E-state index contributed by atoms with van der Waals surface area (Å²) in [4.78, 5) is 22.6. The Hall–Kier alpha value is -1.14. The predicted octanol–water partition coefficient (Wildman–Crippen LogP) is 0.980. The molecule has 0 heterocycles. The van der Waals surface area contributed by atoms with Gasteiger partial charge in [-0.05, 0) is 40.2 Å². The highest BCUT2D eigenvalue weighted by Crippen LogP contribution is 2.08. The van der Waals surface area contributed by atoms with Gasteiger partial charge in [-0.1, -0.05) is 0 Å². The van der Waals surface area contributed by atoms with E-state index in [-0.39, 0.29) is 18.3 Å². The van der Waals surface area contributed by atoms with Crippen LogP contribution in [0, 0.1) is 0 Å². The summed E-state index contributed by atoms with van der Waals surface area (Å²) in [5.41, 5.74) is 4.86. The van der Waals surface area contributed by atoms with Crippen LogP contribution in [0.15, 0.2) is 0 Å². The van der Waals surface area contributed by atoms with E-state index in [1.807, 2.05) is 20.8 Å². The van der Waals surface area contributed by atoms with Gasteiger partial charge in [0.25, 0.3) is 0 Å². The Morgan fingerprint density at radius 2 is 1.80 bits per heavy atom. The van der Waals surface area contributed by atoms with Crippen LogP contribution in [0.1, 0.15) is 46.5 Å². The second-order valence-electron chi connectivity index (χ2n) is 5.54. The molecule has 0 unspecified atom stereocenters. The van der Waals surface area contributed by atoms with Crippen LogP contribution in [0.2, 0.25) is 0 Å². The summed E-state index contributed by atoms with van der Waals surface area (Å²) in [5, 5.41) is 2.78. The minimum absolute atomic E-state index is 0.0178. The van der Waals surface area contributed by atoms with Crippen LogP contribution >= 0.6 is 0 Å². The van der Waals surface area contributed by atoms with Crippen molar-refractivity contribution in [3.63, 3.8) is 0 Å². The number of ether oxygens (including phenoxy) is 2. The molecule has 20 heavy (non-hydrogen) atoms. The van der Waals surface area contributed by atoms with Crippen molar-refractivity contribution in [1.82, 2.24) is 5.32 Å². The molecule has 118 valence electrons. The maximum atomic E-state index is 11.4. The molecule has 0 aromatic heterocycles. The van der Waals surface area contributed by atoms with Crippen molar-refractivity contribution in [3.8, 4) is 0 Å². The molecule has 0 saturated carbocycles. The molecule has 0 spiro atoms. The van der Waals surface area contributed by atoms with E-state index >= 15 is 0 Å². The Labute approximate surface area is 121 Å². The lowest BCUT2D eigenvalue weighted by Gasteiger charge is -2.19. The van der Waals surface area contributed by atoms with Crippen molar-refractivity contribution in [3.05, 3.63) is 0 Å². The van der Waals surface area contributed by atoms with E-state index in [4.69, 9.17) is 15.2 Å². The van der Waals surface area contributed by atoms with Gasteiger partial charge >= 0.3 is 5.97 Å². The first-order chi connectivity index (χ1) is 9.35. The summed E-state index contributed by atoms with van der Waals surface area (Å²) >= 11 is 0. The fourth-order valence-corrected chi connectivity index (χ4v) is 1.40. The fourth-order valence-electron chi connectivity index (χ4n) is 1.40. The Morgan fingerprint density at radius 1 is 1.10 bits per heavy atom. The second-order valence-corrected chi connectivity index (χ2v) is 5.54. The molecule has 0 fully saturated rings. The maximum Gasteiger partial charge on any atom is 0.308 e. The van der Waals surface area contributed by atoms with Crippen LogP contribution in [-0.4, -0.2) is 43.8 Å². The number of carbonyl (C=O) groups is 2. The standard InChI is InChI=1S/C14H28N2O4/c1-14(2,3)20-13(18)7-11-19-10-5-9-16-12(17)6-4-8-15/h4-11,15H2,1-3H3,(H,16,17). The minimum atomic E-state index is -0.453. The predicted molar refractivity (Wildman–Crippen MR) is 77.2 cm³/mol. The molecular formula is C14H28N2O4. The number of amides is 1. The Bertz CT molecular complexity index is 287. The molecule has 0 rings (SSSR count). The highest BCUT2D eigenvalue weighted by atomic mass is 16.6.